The lowest BCUT2D eigenvalue weighted by molar-refractivity contribution is 1.22. The molecule has 0 atom stereocenters. The van der Waals surface area contributed by atoms with Crippen LogP contribution in [0.3, 0.4) is 0 Å². The summed E-state index contributed by atoms with van der Waals surface area (Å²) >= 11 is 6.02. The van der Waals surface area contributed by atoms with Gasteiger partial charge in [-0.1, -0.05) is 29.8 Å². The fourth-order valence-electron chi connectivity index (χ4n) is 1.42. The molecule has 1 heterocycles. The van der Waals surface area contributed by atoms with Crippen LogP contribution in [-0.2, 0) is 0 Å². The lowest BCUT2D eigenvalue weighted by Crippen LogP contribution is -2.08. The predicted molar refractivity (Wildman–Crippen MR) is 62.2 cm³/mol. The van der Waals surface area contributed by atoms with Crippen molar-refractivity contribution < 1.29 is 0 Å². The Kier molecular flexibility index (Phi) is 2.76. The van der Waals surface area contributed by atoms with Crippen LogP contribution in [-0.4, -0.2) is 4.98 Å². The molecule has 0 bridgehead atoms. The minimum Gasteiger partial charge on any atom is -0.327 e. The van der Waals surface area contributed by atoms with Gasteiger partial charge >= 0.3 is 0 Å². The van der Waals surface area contributed by atoms with Crippen molar-refractivity contribution in [1.82, 2.24) is 4.98 Å². The van der Waals surface area contributed by atoms with Gasteiger partial charge in [0.1, 0.15) is 11.6 Å². The maximum Gasteiger partial charge on any atom is 0.265 e. The third-order valence-electron chi connectivity index (χ3n) is 2.21. The fourth-order valence-corrected chi connectivity index (χ4v) is 1.66. The van der Waals surface area contributed by atoms with Gasteiger partial charge in [0.05, 0.1) is 0 Å². The number of aromatic nitrogens is 1. The molecule has 1 aromatic carbocycles. The topological polar surface area (TPSA) is 56.6 Å². The average molecular weight is 231 g/mol. The van der Waals surface area contributed by atoms with Crippen LogP contribution < -0.4 is 5.56 Å². The van der Waals surface area contributed by atoms with Crippen molar-refractivity contribution in [2.45, 2.75) is 0 Å². The molecule has 0 saturated heterocycles. The van der Waals surface area contributed by atoms with E-state index in [0.717, 1.165) is 11.1 Å². The standard InChI is InChI=1S/C12H7ClN2O/c13-11-4-2-1-3-10(11)9-5-8(6-14)12(16)15-7-9/h1-5,7H,(H,15,16). The molecule has 1 N–H and O–H groups in total. The van der Waals surface area contributed by atoms with Crippen LogP contribution in [0.15, 0.2) is 41.3 Å². The summed E-state index contributed by atoms with van der Waals surface area (Å²) in [5.74, 6) is 0. The van der Waals surface area contributed by atoms with Crippen LogP contribution >= 0.6 is 11.6 Å². The van der Waals surface area contributed by atoms with Crippen molar-refractivity contribution in [2.75, 3.05) is 0 Å². The van der Waals surface area contributed by atoms with Crippen molar-refractivity contribution in [3.8, 4) is 17.2 Å². The molecule has 0 aliphatic carbocycles. The smallest absolute Gasteiger partial charge is 0.265 e. The Labute approximate surface area is 96.9 Å². The van der Waals surface area contributed by atoms with E-state index < -0.39 is 5.56 Å². The van der Waals surface area contributed by atoms with E-state index in [0.29, 0.717) is 5.02 Å². The first-order valence-corrected chi connectivity index (χ1v) is 4.98. The quantitative estimate of drug-likeness (QED) is 0.819. The summed E-state index contributed by atoms with van der Waals surface area (Å²) in [6.45, 7) is 0. The molecule has 3 nitrogen and oxygen atoms in total. The van der Waals surface area contributed by atoms with Crippen molar-refractivity contribution in [2.24, 2.45) is 0 Å². The minimum absolute atomic E-state index is 0.0809. The SMILES string of the molecule is N#Cc1cc(-c2ccccc2Cl)c[nH]c1=O. The molecule has 0 unspecified atom stereocenters. The van der Waals surface area contributed by atoms with E-state index in [-0.39, 0.29) is 5.56 Å². The van der Waals surface area contributed by atoms with E-state index in [2.05, 4.69) is 4.98 Å². The average Bonchev–Trinajstić information content (AvgIpc) is 2.31. The van der Waals surface area contributed by atoms with E-state index in [9.17, 15) is 4.79 Å². The molecule has 1 aromatic heterocycles. The third-order valence-corrected chi connectivity index (χ3v) is 2.54. The highest BCUT2D eigenvalue weighted by Crippen LogP contribution is 2.26. The lowest BCUT2D eigenvalue weighted by atomic mass is 10.1. The number of halogens is 1. The zero-order chi connectivity index (χ0) is 11.5. The van der Waals surface area contributed by atoms with Gasteiger partial charge in [-0.15, -0.1) is 0 Å². The van der Waals surface area contributed by atoms with Crippen LogP contribution in [0, 0.1) is 11.3 Å². The molecule has 0 aliphatic rings. The Balaban J connectivity index is 2.63. The van der Waals surface area contributed by atoms with Gasteiger partial charge in [0.2, 0.25) is 0 Å². The summed E-state index contributed by atoms with van der Waals surface area (Å²) in [6, 6.07) is 10.6. The monoisotopic (exact) mass is 230 g/mol. The van der Waals surface area contributed by atoms with E-state index in [4.69, 9.17) is 16.9 Å². The summed E-state index contributed by atoms with van der Waals surface area (Å²) in [4.78, 5) is 13.7. The first-order chi connectivity index (χ1) is 7.72. The van der Waals surface area contributed by atoms with Crippen LogP contribution in [0.1, 0.15) is 5.56 Å². The third kappa shape index (κ3) is 1.83. The molecule has 0 aliphatic heterocycles. The minimum atomic E-state index is -0.390. The number of nitrogens with zero attached hydrogens (tertiary/aromatic N) is 1. The molecule has 0 fully saturated rings. The van der Waals surface area contributed by atoms with E-state index in [1.54, 1.807) is 12.3 Å². The van der Waals surface area contributed by atoms with Gasteiger partial charge in [0.15, 0.2) is 0 Å². The molecule has 0 saturated carbocycles. The van der Waals surface area contributed by atoms with Gasteiger partial charge in [-0.05, 0) is 12.1 Å². The molecule has 0 amide bonds. The van der Waals surface area contributed by atoms with E-state index >= 15 is 0 Å². The second-order valence-electron chi connectivity index (χ2n) is 3.22. The first-order valence-electron chi connectivity index (χ1n) is 4.60. The number of nitriles is 1. The number of nitrogens with one attached hydrogen (secondary N) is 1. The van der Waals surface area contributed by atoms with Gasteiger partial charge in [-0.2, -0.15) is 5.26 Å². The highest BCUT2D eigenvalue weighted by molar-refractivity contribution is 6.33. The number of H-pyrrole nitrogens is 1. The highest BCUT2D eigenvalue weighted by Gasteiger charge is 2.05. The van der Waals surface area contributed by atoms with Crippen LogP contribution in [0.25, 0.3) is 11.1 Å². The van der Waals surface area contributed by atoms with Crippen molar-refractivity contribution >= 4 is 11.6 Å². The predicted octanol–water partition coefficient (Wildman–Crippen LogP) is 2.57. The largest absolute Gasteiger partial charge is 0.327 e. The van der Waals surface area contributed by atoms with Gasteiger partial charge < -0.3 is 4.98 Å². The van der Waals surface area contributed by atoms with Crippen molar-refractivity contribution in [3.05, 3.63) is 57.5 Å². The normalized spacial score (nSPS) is 9.75. The van der Waals surface area contributed by atoms with Crippen molar-refractivity contribution in [1.29, 1.82) is 5.26 Å². The number of rotatable bonds is 1. The summed E-state index contributed by atoms with van der Waals surface area (Å²) in [7, 11) is 0. The Morgan fingerprint density at radius 3 is 2.75 bits per heavy atom. The fraction of sp³-hybridized carbons (Fsp3) is 0. The molecule has 4 heteroatoms. The van der Waals surface area contributed by atoms with Gasteiger partial charge in [0, 0.05) is 22.3 Å². The maximum absolute atomic E-state index is 11.2. The number of aromatic amines is 1. The summed E-state index contributed by atoms with van der Waals surface area (Å²) in [6.07, 6.45) is 1.55. The Morgan fingerprint density at radius 1 is 1.31 bits per heavy atom. The second-order valence-corrected chi connectivity index (χ2v) is 3.63. The number of hydrogen-bond acceptors (Lipinski definition) is 2. The summed E-state index contributed by atoms with van der Waals surface area (Å²) in [5, 5.41) is 9.34. The molecule has 78 valence electrons. The Bertz CT molecular complexity index is 625. The summed E-state index contributed by atoms with van der Waals surface area (Å²) < 4.78 is 0. The molecule has 16 heavy (non-hydrogen) atoms. The number of hydrogen-bond donors (Lipinski definition) is 1. The van der Waals surface area contributed by atoms with Crippen LogP contribution in [0.5, 0.6) is 0 Å². The molecule has 2 aromatic rings. The molecular formula is C12H7ClN2O. The highest BCUT2D eigenvalue weighted by atomic mass is 35.5. The molecule has 2 rings (SSSR count). The molecular weight excluding hydrogens is 224 g/mol. The van der Waals surface area contributed by atoms with E-state index in [1.165, 1.54) is 6.07 Å². The Hall–Kier alpha value is -2.05. The second kappa shape index (κ2) is 4.21. The van der Waals surface area contributed by atoms with Crippen molar-refractivity contribution in [3.63, 3.8) is 0 Å². The van der Waals surface area contributed by atoms with E-state index in [1.807, 2.05) is 24.3 Å². The zero-order valence-electron chi connectivity index (χ0n) is 8.20. The van der Waals surface area contributed by atoms with Gasteiger partial charge in [-0.3, -0.25) is 4.79 Å². The first kappa shape index (κ1) is 10.5. The molecule has 0 spiro atoms. The van der Waals surface area contributed by atoms with Gasteiger partial charge in [0.25, 0.3) is 5.56 Å². The summed E-state index contributed by atoms with van der Waals surface area (Å²) in [5.41, 5.74) is 1.20. The lowest BCUT2D eigenvalue weighted by Gasteiger charge is -2.03. The number of benzene rings is 1. The zero-order valence-corrected chi connectivity index (χ0v) is 8.95. The maximum atomic E-state index is 11.2. The Morgan fingerprint density at radius 2 is 2.06 bits per heavy atom. The van der Waals surface area contributed by atoms with Crippen LogP contribution in [0.2, 0.25) is 5.02 Å². The number of pyridine rings is 1. The van der Waals surface area contributed by atoms with Crippen LogP contribution in [0.4, 0.5) is 0 Å². The van der Waals surface area contributed by atoms with Gasteiger partial charge in [-0.25, -0.2) is 0 Å². The molecule has 0 radical (unpaired) electrons.